The number of hydrogen-bond acceptors (Lipinski definition) is 4. The van der Waals surface area contributed by atoms with Gasteiger partial charge in [0.05, 0.1) is 13.0 Å². The van der Waals surface area contributed by atoms with Gasteiger partial charge in [0, 0.05) is 5.56 Å². The molecule has 4 heteroatoms. The van der Waals surface area contributed by atoms with E-state index in [1.807, 2.05) is 31.2 Å². The van der Waals surface area contributed by atoms with Gasteiger partial charge in [0.25, 0.3) is 0 Å². The molecular weight excluding hydrogens is 192 g/mol. The van der Waals surface area contributed by atoms with Crippen LogP contribution in [0.4, 0.5) is 0 Å². The van der Waals surface area contributed by atoms with Crippen molar-refractivity contribution < 1.29 is 9.63 Å². The maximum atomic E-state index is 8.72. The summed E-state index contributed by atoms with van der Waals surface area (Å²) in [4.78, 5) is 4.17. The van der Waals surface area contributed by atoms with E-state index in [-0.39, 0.29) is 6.61 Å². The monoisotopic (exact) mass is 204 g/mol. The number of nitrogens with zero attached hydrogens (tertiary/aromatic N) is 2. The molecule has 0 aliphatic heterocycles. The first-order valence-electron chi connectivity index (χ1n) is 4.80. The minimum Gasteiger partial charge on any atom is -0.396 e. The van der Waals surface area contributed by atoms with Gasteiger partial charge in [-0.1, -0.05) is 28.9 Å². The zero-order chi connectivity index (χ0) is 10.7. The summed E-state index contributed by atoms with van der Waals surface area (Å²) in [5, 5.41) is 12.6. The second-order valence-corrected chi connectivity index (χ2v) is 3.35. The smallest absolute Gasteiger partial charge is 0.229 e. The molecule has 0 radical (unpaired) electrons. The second-order valence-electron chi connectivity index (χ2n) is 3.35. The van der Waals surface area contributed by atoms with Crippen molar-refractivity contribution in [2.24, 2.45) is 0 Å². The van der Waals surface area contributed by atoms with Crippen molar-refractivity contribution in [1.29, 1.82) is 0 Å². The topological polar surface area (TPSA) is 59.2 Å². The molecule has 1 N–H and O–H groups in total. The molecule has 0 spiro atoms. The van der Waals surface area contributed by atoms with Crippen LogP contribution in [0.3, 0.4) is 0 Å². The zero-order valence-corrected chi connectivity index (χ0v) is 8.47. The Balaban J connectivity index is 2.29. The van der Waals surface area contributed by atoms with Gasteiger partial charge in [0.1, 0.15) is 0 Å². The highest BCUT2D eigenvalue weighted by Gasteiger charge is 2.07. The first-order valence-corrected chi connectivity index (χ1v) is 4.80. The van der Waals surface area contributed by atoms with Gasteiger partial charge in [-0.15, -0.1) is 0 Å². The van der Waals surface area contributed by atoms with Crippen molar-refractivity contribution in [3.05, 3.63) is 35.7 Å². The minimum atomic E-state index is 0.0233. The Morgan fingerprint density at radius 2 is 2.27 bits per heavy atom. The molecule has 0 saturated heterocycles. The first-order chi connectivity index (χ1) is 7.29. The lowest BCUT2D eigenvalue weighted by Crippen LogP contribution is -1.90. The van der Waals surface area contributed by atoms with Gasteiger partial charge < -0.3 is 9.63 Å². The molecule has 0 saturated carbocycles. The predicted octanol–water partition coefficient (Wildman–Crippen LogP) is 1.58. The van der Waals surface area contributed by atoms with Gasteiger partial charge in [-0.05, 0) is 13.0 Å². The molecule has 0 unspecified atom stereocenters. The van der Waals surface area contributed by atoms with Crippen molar-refractivity contribution in [2.75, 3.05) is 6.61 Å². The number of aryl methyl sites for hydroxylation is 1. The Morgan fingerprint density at radius 3 is 3.00 bits per heavy atom. The first kappa shape index (κ1) is 9.86. The van der Waals surface area contributed by atoms with Crippen molar-refractivity contribution >= 4 is 0 Å². The SMILES string of the molecule is Cc1cccc(-c2noc(CCO)n2)c1. The van der Waals surface area contributed by atoms with E-state index in [1.165, 1.54) is 0 Å². The van der Waals surface area contributed by atoms with E-state index in [4.69, 9.17) is 9.63 Å². The fourth-order valence-corrected chi connectivity index (χ4v) is 1.35. The molecule has 1 heterocycles. The van der Waals surface area contributed by atoms with E-state index in [1.54, 1.807) is 0 Å². The van der Waals surface area contributed by atoms with Gasteiger partial charge in [-0.25, -0.2) is 0 Å². The largest absolute Gasteiger partial charge is 0.396 e. The molecule has 0 aliphatic rings. The van der Waals surface area contributed by atoms with Crippen LogP contribution in [0.1, 0.15) is 11.5 Å². The number of aliphatic hydroxyl groups is 1. The number of hydrogen-bond donors (Lipinski definition) is 1. The average molecular weight is 204 g/mol. The Labute approximate surface area is 87.6 Å². The maximum absolute atomic E-state index is 8.72. The van der Waals surface area contributed by atoms with Gasteiger partial charge in [0.15, 0.2) is 0 Å². The molecule has 0 aliphatic carbocycles. The van der Waals surface area contributed by atoms with Crippen LogP contribution in [0.2, 0.25) is 0 Å². The van der Waals surface area contributed by atoms with E-state index in [0.29, 0.717) is 18.1 Å². The van der Waals surface area contributed by atoms with Crippen LogP contribution in [0, 0.1) is 6.92 Å². The highest BCUT2D eigenvalue weighted by atomic mass is 16.5. The molecule has 78 valence electrons. The van der Waals surface area contributed by atoms with Crippen molar-refractivity contribution in [3.8, 4) is 11.4 Å². The lowest BCUT2D eigenvalue weighted by molar-refractivity contribution is 0.274. The van der Waals surface area contributed by atoms with Crippen molar-refractivity contribution in [1.82, 2.24) is 10.1 Å². The fraction of sp³-hybridized carbons (Fsp3) is 0.273. The normalized spacial score (nSPS) is 10.5. The van der Waals surface area contributed by atoms with Gasteiger partial charge in [-0.3, -0.25) is 0 Å². The van der Waals surface area contributed by atoms with Crippen LogP contribution in [0.25, 0.3) is 11.4 Å². The highest BCUT2D eigenvalue weighted by Crippen LogP contribution is 2.16. The molecule has 0 bridgehead atoms. The van der Waals surface area contributed by atoms with Crippen LogP contribution in [-0.2, 0) is 6.42 Å². The highest BCUT2D eigenvalue weighted by molar-refractivity contribution is 5.55. The van der Waals surface area contributed by atoms with Crippen LogP contribution >= 0.6 is 0 Å². The summed E-state index contributed by atoms with van der Waals surface area (Å²) in [6, 6.07) is 7.89. The van der Waals surface area contributed by atoms with E-state index < -0.39 is 0 Å². The Bertz CT molecular complexity index is 451. The number of benzene rings is 1. The van der Waals surface area contributed by atoms with Crippen LogP contribution in [0.5, 0.6) is 0 Å². The molecule has 4 nitrogen and oxygen atoms in total. The third-order valence-electron chi connectivity index (χ3n) is 2.07. The van der Waals surface area contributed by atoms with Crippen LogP contribution in [-0.4, -0.2) is 21.9 Å². The van der Waals surface area contributed by atoms with Crippen LogP contribution in [0.15, 0.2) is 28.8 Å². The summed E-state index contributed by atoms with van der Waals surface area (Å²) < 4.78 is 4.98. The quantitative estimate of drug-likeness (QED) is 0.824. The van der Waals surface area contributed by atoms with Gasteiger partial charge >= 0.3 is 0 Å². The third-order valence-corrected chi connectivity index (χ3v) is 2.07. The molecule has 0 fully saturated rings. The molecule has 1 aromatic heterocycles. The van der Waals surface area contributed by atoms with Crippen molar-refractivity contribution in [3.63, 3.8) is 0 Å². The second kappa shape index (κ2) is 4.23. The van der Waals surface area contributed by atoms with E-state index >= 15 is 0 Å². The van der Waals surface area contributed by atoms with Gasteiger partial charge in [-0.2, -0.15) is 4.98 Å². The molecule has 0 amide bonds. The fourth-order valence-electron chi connectivity index (χ4n) is 1.35. The van der Waals surface area contributed by atoms with Gasteiger partial charge in [0.2, 0.25) is 11.7 Å². The lowest BCUT2D eigenvalue weighted by atomic mass is 10.1. The predicted molar refractivity (Wildman–Crippen MR) is 55.3 cm³/mol. The van der Waals surface area contributed by atoms with E-state index in [2.05, 4.69) is 10.1 Å². The lowest BCUT2D eigenvalue weighted by Gasteiger charge is -1.94. The molecular formula is C11H12N2O2. The standard InChI is InChI=1S/C11H12N2O2/c1-8-3-2-4-9(7-8)11-12-10(5-6-14)15-13-11/h2-4,7,14H,5-6H2,1H3. The third kappa shape index (κ3) is 2.22. The summed E-state index contributed by atoms with van der Waals surface area (Å²) >= 11 is 0. The van der Waals surface area contributed by atoms with E-state index in [9.17, 15) is 0 Å². The number of aliphatic hydroxyl groups excluding tert-OH is 1. The van der Waals surface area contributed by atoms with Crippen LogP contribution < -0.4 is 0 Å². The zero-order valence-electron chi connectivity index (χ0n) is 8.47. The van der Waals surface area contributed by atoms with Crippen molar-refractivity contribution in [2.45, 2.75) is 13.3 Å². The molecule has 1 aromatic carbocycles. The van der Waals surface area contributed by atoms with E-state index in [0.717, 1.165) is 11.1 Å². The minimum absolute atomic E-state index is 0.0233. The summed E-state index contributed by atoms with van der Waals surface area (Å²) in [6.45, 7) is 2.04. The summed E-state index contributed by atoms with van der Waals surface area (Å²) in [5.41, 5.74) is 2.09. The molecule has 2 aromatic rings. The Morgan fingerprint density at radius 1 is 1.40 bits per heavy atom. The maximum Gasteiger partial charge on any atom is 0.229 e. The molecule has 2 rings (SSSR count). The molecule has 0 atom stereocenters. The summed E-state index contributed by atoms with van der Waals surface area (Å²) in [7, 11) is 0. The molecule has 15 heavy (non-hydrogen) atoms. The Kier molecular flexibility index (Phi) is 2.78. The number of rotatable bonds is 3. The average Bonchev–Trinajstić information content (AvgIpc) is 2.67. The number of aromatic nitrogens is 2. The summed E-state index contributed by atoms with van der Waals surface area (Å²) in [5.74, 6) is 1.04. The Hall–Kier alpha value is -1.68. The summed E-state index contributed by atoms with van der Waals surface area (Å²) in [6.07, 6.45) is 0.402.